The van der Waals surface area contributed by atoms with Gasteiger partial charge >= 0.3 is 7.82 Å². The first kappa shape index (κ1) is 61.7. The van der Waals surface area contributed by atoms with Crippen molar-refractivity contribution in [2.24, 2.45) is 0 Å². The number of hydrogen-bond acceptors (Lipinski definition) is 5. The molecule has 3 N–H and O–H groups in total. The lowest BCUT2D eigenvalue weighted by Gasteiger charge is -2.26. The van der Waals surface area contributed by atoms with Crippen molar-refractivity contribution < 1.29 is 32.9 Å². The lowest BCUT2D eigenvalue weighted by molar-refractivity contribution is -0.870. The Kier molecular flexibility index (Phi) is 44.9. The summed E-state index contributed by atoms with van der Waals surface area (Å²) < 4.78 is 23.7. The Labute approximate surface area is 391 Å². The summed E-state index contributed by atoms with van der Waals surface area (Å²) in [6, 6.07) is -0.770. The van der Waals surface area contributed by atoms with Gasteiger partial charge in [0, 0.05) is 6.42 Å². The summed E-state index contributed by atoms with van der Waals surface area (Å²) in [7, 11) is 1.61. The fourth-order valence-corrected chi connectivity index (χ4v) is 8.68. The Balaban J connectivity index is 4.16. The first-order valence-corrected chi connectivity index (χ1v) is 28.3. The predicted molar refractivity (Wildman–Crippen MR) is 272 cm³/mol. The molecule has 0 aromatic heterocycles. The summed E-state index contributed by atoms with van der Waals surface area (Å²) in [5, 5.41) is 14.0. The van der Waals surface area contributed by atoms with Crippen molar-refractivity contribution in [1.29, 1.82) is 0 Å². The molecule has 8 nitrogen and oxygen atoms in total. The van der Waals surface area contributed by atoms with E-state index in [4.69, 9.17) is 9.05 Å². The second-order valence-electron chi connectivity index (χ2n) is 19.6. The Bertz CT molecular complexity index is 1120. The van der Waals surface area contributed by atoms with Crippen molar-refractivity contribution in [2.45, 2.75) is 264 Å². The molecular formula is C54H106N2O6P+. The summed E-state index contributed by atoms with van der Waals surface area (Å²) in [5.41, 5.74) is 0. The third-order valence-electron chi connectivity index (χ3n) is 12.2. The highest BCUT2D eigenvalue weighted by atomic mass is 31.2. The average molecular weight is 910 g/mol. The van der Waals surface area contributed by atoms with Gasteiger partial charge in [0.2, 0.25) is 5.91 Å². The lowest BCUT2D eigenvalue weighted by atomic mass is 10.0. The number of aliphatic hydroxyl groups excluding tert-OH is 1. The number of phosphoric ester groups is 1. The van der Waals surface area contributed by atoms with Gasteiger partial charge in [-0.3, -0.25) is 13.8 Å². The quantitative estimate of drug-likeness (QED) is 0.0243. The van der Waals surface area contributed by atoms with Gasteiger partial charge in [-0.2, -0.15) is 0 Å². The minimum atomic E-state index is -4.32. The highest BCUT2D eigenvalue weighted by molar-refractivity contribution is 7.47. The number of amides is 1. The number of nitrogens with zero attached hydrogens (tertiary/aromatic N) is 1. The zero-order valence-corrected chi connectivity index (χ0v) is 43.2. The van der Waals surface area contributed by atoms with Crippen molar-refractivity contribution in [1.82, 2.24) is 5.32 Å². The van der Waals surface area contributed by atoms with Crippen LogP contribution in [0.5, 0.6) is 0 Å². The van der Waals surface area contributed by atoms with E-state index < -0.39 is 20.0 Å². The Morgan fingerprint density at radius 2 is 0.952 bits per heavy atom. The molecule has 0 aliphatic rings. The third kappa shape index (κ3) is 48.5. The molecule has 0 aromatic carbocycles. The maximum Gasteiger partial charge on any atom is 0.472 e. The van der Waals surface area contributed by atoms with Gasteiger partial charge in [-0.1, -0.05) is 237 Å². The van der Waals surface area contributed by atoms with E-state index in [0.717, 1.165) is 77.0 Å². The molecular weight excluding hydrogens is 804 g/mol. The molecule has 0 heterocycles. The van der Waals surface area contributed by atoms with Gasteiger partial charge in [0.25, 0.3) is 0 Å². The molecule has 0 aliphatic carbocycles. The minimum Gasteiger partial charge on any atom is -0.391 e. The zero-order chi connectivity index (χ0) is 46.4. The molecule has 0 rings (SSSR count). The fourth-order valence-electron chi connectivity index (χ4n) is 7.94. The standard InChI is InChI=1S/C54H105N2O6P/c1-6-8-10-12-14-16-18-20-22-23-24-25-26-27-28-29-30-31-32-34-35-37-39-41-43-45-47-53(57)52(51-62-63(59,60)61-50-49-56(3,4)5)55-54(58)48-46-44-42-40-38-36-33-21-19-17-15-13-11-9-7-2/h9,11,15,17,21,33,52-53,57H,6-8,10,12-14,16,18-20,22-32,34-51H2,1-5H3,(H-,55,58,59,60)/p+1/b11-9-,17-15-,33-21-. The average Bonchev–Trinajstić information content (AvgIpc) is 3.24. The molecule has 1 amide bonds. The number of likely N-dealkylation sites (N-methyl/N-ethyl adjacent to an activating group) is 1. The van der Waals surface area contributed by atoms with Crippen LogP contribution in [0.3, 0.4) is 0 Å². The molecule has 0 saturated carbocycles. The van der Waals surface area contributed by atoms with Gasteiger partial charge in [-0.05, 0) is 44.9 Å². The topological polar surface area (TPSA) is 105 Å². The van der Waals surface area contributed by atoms with Crippen LogP contribution >= 0.6 is 7.82 Å². The molecule has 0 bridgehead atoms. The van der Waals surface area contributed by atoms with E-state index in [1.54, 1.807) is 0 Å². The van der Waals surface area contributed by atoms with Crippen LogP contribution in [0, 0.1) is 0 Å². The number of hydrogen-bond donors (Lipinski definition) is 3. The molecule has 0 spiro atoms. The zero-order valence-electron chi connectivity index (χ0n) is 42.3. The first-order valence-electron chi connectivity index (χ1n) is 26.9. The van der Waals surface area contributed by atoms with Gasteiger partial charge in [0.05, 0.1) is 39.9 Å². The highest BCUT2D eigenvalue weighted by Gasteiger charge is 2.28. The summed E-state index contributed by atoms with van der Waals surface area (Å²) in [6.07, 6.45) is 57.7. The Morgan fingerprint density at radius 3 is 1.40 bits per heavy atom. The first-order chi connectivity index (χ1) is 30.5. The van der Waals surface area contributed by atoms with Gasteiger partial charge in [0.15, 0.2) is 0 Å². The van der Waals surface area contributed by atoms with Gasteiger partial charge in [0.1, 0.15) is 13.2 Å². The van der Waals surface area contributed by atoms with E-state index in [9.17, 15) is 19.4 Å². The van der Waals surface area contributed by atoms with Crippen LogP contribution in [0.1, 0.15) is 251 Å². The normalized spacial score (nSPS) is 14.3. The minimum absolute atomic E-state index is 0.0707. The van der Waals surface area contributed by atoms with Crippen LogP contribution < -0.4 is 5.32 Å². The molecule has 0 aliphatic heterocycles. The maximum absolute atomic E-state index is 12.9. The molecule has 0 radical (unpaired) electrons. The lowest BCUT2D eigenvalue weighted by Crippen LogP contribution is -2.46. The number of carbonyl (C=O) groups excluding carboxylic acids is 1. The van der Waals surface area contributed by atoms with Crippen molar-refractivity contribution in [2.75, 3.05) is 40.9 Å². The Hall–Kier alpha value is -1.28. The van der Waals surface area contributed by atoms with E-state index in [2.05, 4.69) is 55.6 Å². The summed E-state index contributed by atoms with van der Waals surface area (Å²) >= 11 is 0. The van der Waals surface area contributed by atoms with Crippen molar-refractivity contribution in [3.05, 3.63) is 36.5 Å². The SMILES string of the molecule is CC/C=C\C/C=C\C/C=C\CCCCCCCC(=O)NC(COP(=O)(O)OCC[N+](C)(C)C)C(O)CCCCCCCCCCCCCCCCCCCCCCCCCCCC. The predicted octanol–water partition coefficient (Wildman–Crippen LogP) is 15.8. The number of nitrogens with one attached hydrogen (secondary N) is 1. The van der Waals surface area contributed by atoms with E-state index in [-0.39, 0.29) is 19.1 Å². The smallest absolute Gasteiger partial charge is 0.391 e. The number of quaternary nitrogens is 1. The van der Waals surface area contributed by atoms with Gasteiger partial charge in [-0.15, -0.1) is 0 Å². The molecule has 372 valence electrons. The summed E-state index contributed by atoms with van der Waals surface area (Å²) in [6.45, 7) is 4.78. The third-order valence-corrected chi connectivity index (χ3v) is 13.1. The molecule has 0 fully saturated rings. The second-order valence-corrected chi connectivity index (χ2v) is 21.0. The van der Waals surface area contributed by atoms with E-state index >= 15 is 0 Å². The molecule has 3 unspecified atom stereocenters. The summed E-state index contributed by atoms with van der Waals surface area (Å²) in [5.74, 6) is -0.160. The van der Waals surface area contributed by atoms with E-state index in [1.807, 2.05) is 21.1 Å². The van der Waals surface area contributed by atoms with E-state index in [0.29, 0.717) is 23.9 Å². The van der Waals surface area contributed by atoms with Gasteiger partial charge < -0.3 is 19.8 Å². The van der Waals surface area contributed by atoms with Gasteiger partial charge in [-0.25, -0.2) is 4.57 Å². The van der Waals surface area contributed by atoms with Crippen LogP contribution in [0.15, 0.2) is 36.5 Å². The maximum atomic E-state index is 12.9. The second kappa shape index (κ2) is 45.9. The number of rotatable bonds is 49. The molecule has 3 atom stereocenters. The molecule has 9 heteroatoms. The fraction of sp³-hybridized carbons (Fsp3) is 0.870. The Morgan fingerprint density at radius 1 is 0.556 bits per heavy atom. The largest absolute Gasteiger partial charge is 0.472 e. The molecule has 0 aromatic rings. The van der Waals surface area contributed by atoms with Crippen LogP contribution in [0.4, 0.5) is 0 Å². The van der Waals surface area contributed by atoms with Crippen molar-refractivity contribution >= 4 is 13.7 Å². The summed E-state index contributed by atoms with van der Waals surface area (Å²) in [4.78, 5) is 23.2. The van der Waals surface area contributed by atoms with Crippen LogP contribution in [0.25, 0.3) is 0 Å². The monoisotopic (exact) mass is 910 g/mol. The van der Waals surface area contributed by atoms with Crippen molar-refractivity contribution in [3.63, 3.8) is 0 Å². The number of unbranched alkanes of at least 4 members (excludes halogenated alkanes) is 30. The van der Waals surface area contributed by atoms with Crippen LogP contribution in [0.2, 0.25) is 0 Å². The van der Waals surface area contributed by atoms with E-state index in [1.165, 1.54) is 148 Å². The number of aliphatic hydroxyl groups is 1. The molecule has 0 saturated heterocycles. The number of phosphoric acid groups is 1. The molecule has 63 heavy (non-hydrogen) atoms. The number of carbonyl (C=O) groups is 1. The van der Waals surface area contributed by atoms with Crippen LogP contribution in [-0.2, 0) is 18.4 Å². The highest BCUT2D eigenvalue weighted by Crippen LogP contribution is 2.43. The van der Waals surface area contributed by atoms with Crippen LogP contribution in [-0.4, -0.2) is 73.4 Å². The number of allylic oxidation sites excluding steroid dienone is 6. The van der Waals surface area contributed by atoms with Crippen molar-refractivity contribution in [3.8, 4) is 0 Å².